The lowest BCUT2D eigenvalue weighted by Gasteiger charge is -2.38. The van der Waals surface area contributed by atoms with Crippen molar-refractivity contribution in [1.29, 1.82) is 0 Å². The van der Waals surface area contributed by atoms with Crippen molar-refractivity contribution in [3.63, 3.8) is 0 Å². The van der Waals surface area contributed by atoms with Crippen LogP contribution in [-0.4, -0.2) is 71.5 Å². The van der Waals surface area contributed by atoms with Gasteiger partial charge in [0.15, 0.2) is 0 Å². The summed E-state index contributed by atoms with van der Waals surface area (Å²) in [5, 5.41) is 0.875. The van der Waals surface area contributed by atoms with E-state index in [0.29, 0.717) is 10.0 Å². The van der Waals surface area contributed by atoms with Gasteiger partial charge in [-0.15, -0.1) is 11.3 Å². The van der Waals surface area contributed by atoms with Crippen LogP contribution >= 0.6 is 22.9 Å². The molecule has 170 valence electrons. The molecule has 3 aromatic rings. The first kappa shape index (κ1) is 22.7. The van der Waals surface area contributed by atoms with Gasteiger partial charge in [0.05, 0.1) is 30.3 Å². The van der Waals surface area contributed by atoms with Gasteiger partial charge in [0, 0.05) is 40.4 Å². The smallest absolute Gasteiger partial charge is 0.329 e. The summed E-state index contributed by atoms with van der Waals surface area (Å²) < 4.78 is 32.3. The number of sulfonamides is 1. The normalized spacial score (nSPS) is 17.8. The minimum Gasteiger partial charge on any atom is -0.467 e. The zero-order chi connectivity index (χ0) is 22.9. The number of pyridine rings is 1. The van der Waals surface area contributed by atoms with E-state index >= 15 is 0 Å². The van der Waals surface area contributed by atoms with E-state index < -0.39 is 27.9 Å². The molecule has 4 rings (SSSR count). The van der Waals surface area contributed by atoms with Crippen LogP contribution in [0.25, 0.3) is 10.9 Å². The molecule has 1 atom stereocenters. The minimum absolute atomic E-state index is 0.120. The molecule has 0 aromatic carbocycles. The van der Waals surface area contributed by atoms with E-state index in [1.807, 2.05) is 12.1 Å². The largest absolute Gasteiger partial charge is 0.467 e. The van der Waals surface area contributed by atoms with Gasteiger partial charge in [-0.1, -0.05) is 11.6 Å². The number of ether oxygens (including phenoxy) is 1. The van der Waals surface area contributed by atoms with E-state index in [-0.39, 0.29) is 31.8 Å². The van der Waals surface area contributed by atoms with Gasteiger partial charge in [0.2, 0.25) is 15.9 Å². The topological polar surface area (TPSA) is 113 Å². The van der Waals surface area contributed by atoms with Crippen LogP contribution in [0.3, 0.4) is 0 Å². The minimum atomic E-state index is -3.77. The molecule has 1 amide bonds. The number of nitrogens with zero attached hydrogens (tertiary/aromatic N) is 3. The van der Waals surface area contributed by atoms with Crippen molar-refractivity contribution in [2.24, 2.45) is 0 Å². The lowest BCUT2D eigenvalue weighted by Crippen LogP contribution is -2.60. The second-order valence-electron chi connectivity index (χ2n) is 7.38. The summed E-state index contributed by atoms with van der Waals surface area (Å²) >= 11 is 7.22. The van der Waals surface area contributed by atoms with Gasteiger partial charge >= 0.3 is 5.97 Å². The highest BCUT2D eigenvalue weighted by Gasteiger charge is 2.41. The van der Waals surface area contributed by atoms with Crippen LogP contribution in [-0.2, 0) is 37.3 Å². The number of nitrogens with one attached hydrogen (secondary N) is 1. The molecular weight excluding hydrogens is 476 g/mol. The fourth-order valence-electron chi connectivity index (χ4n) is 3.67. The summed E-state index contributed by atoms with van der Waals surface area (Å²) in [6.07, 6.45) is 3.62. The zero-order valence-electron chi connectivity index (χ0n) is 17.2. The molecular formula is C20H21ClN4O5S2. The van der Waals surface area contributed by atoms with Gasteiger partial charge < -0.3 is 14.6 Å². The average molecular weight is 497 g/mol. The number of rotatable bonds is 7. The van der Waals surface area contributed by atoms with Crippen molar-refractivity contribution in [3.8, 4) is 0 Å². The molecule has 0 bridgehead atoms. The van der Waals surface area contributed by atoms with Crippen molar-refractivity contribution in [2.45, 2.75) is 19.0 Å². The number of aryl methyl sites for hydroxylation is 1. The van der Waals surface area contributed by atoms with Crippen LogP contribution in [0.2, 0.25) is 4.34 Å². The number of carbonyl (C=O) groups excluding carboxylic acids is 2. The molecule has 3 aromatic heterocycles. The molecule has 0 aliphatic carbocycles. The number of carbonyl (C=O) groups is 2. The highest BCUT2D eigenvalue weighted by atomic mass is 35.5. The van der Waals surface area contributed by atoms with E-state index in [0.717, 1.165) is 20.1 Å². The van der Waals surface area contributed by atoms with Crippen molar-refractivity contribution in [3.05, 3.63) is 51.6 Å². The molecule has 0 saturated carbocycles. The van der Waals surface area contributed by atoms with E-state index in [1.165, 1.54) is 23.3 Å². The second-order valence-corrected chi connectivity index (χ2v) is 11.3. The van der Waals surface area contributed by atoms with Crippen molar-refractivity contribution in [2.75, 3.05) is 26.0 Å². The van der Waals surface area contributed by atoms with Gasteiger partial charge in [0.1, 0.15) is 6.04 Å². The monoisotopic (exact) mass is 496 g/mol. The number of esters is 1. The fraction of sp³-hybridized carbons (Fsp3) is 0.350. The molecule has 0 radical (unpaired) electrons. The molecule has 1 unspecified atom stereocenters. The maximum absolute atomic E-state index is 12.9. The Morgan fingerprint density at radius 1 is 1.38 bits per heavy atom. The van der Waals surface area contributed by atoms with Crippen molar-refractivity contribution >= 4 is 55.7 Å². The Kier molecular flexibility index (Phi) is 6.52. The van der Waals surface area contributed by atoms with E-state index in [4.69, 9.17) is 16.3 Å². The third-order valence-corrected chi connectivity index (χ3v) is 8.38. The SMILES string of the molecule is COC(=O)C1CN(S(=O)(=O)CCc2ccc(Cl)s2)CC(=O)N1Cc1cc2cnccc2[nH]1. The quantitative estimate of drug-likeness (QED) is 0.501. The Morgan fingerprint density at radius 3 is 2.88 bits per heavy atom. The van der Waals surface area contributed by atoms with Crippen LogP contribution in [0.4, 0.5) is 0 Å². The van der Waals surface area contributed by atoms with E-state index in [1.54, 1.807) is 24.5 Å². The molecule has 1 fully saturated rings. The van der Waals surface area contributed by atoms with Crippen LogP contribution < -0.4 is 0 Å². The van der Waals surface area contributed by atoms with Gasteiger partial charge in [-0.3, -0.25) is 9.78 Å². The third-order valence-electron chi connectivity index (χ3n) is 5.30. The predicted molar refractivity (Wildman–Crippen MR) is 121 cm³/mol. The highest BCUT2D eigenvalue weighted by Crippen LogP contribution is 2.24. The number of halogens is 1. The number of methoxy groups -OCH3 is 1. The molecule has 4 heterocycles. The third kappa shape index (κ3) is 4.80. The average Bonchev–Trinajstić information content (AvgIpc) is 3.38. The number of fused-ring (bicyclic) bond motifs is 1. The Bertz CT molecular complexity index is 1220. The standard InChI is InChI=1S/C20H21ClN4O5S2/c1-30-20(27)17-11-24(32(28,29)7-5-15-2-3-18(21)31-15)12-19(26)25(17)10-14-8-13-9-22-6-4-16(13)23-14/h2-4,6,8-9,17,23H,5,7,10-12H2,1H3. The van der Waals surface area contributed by atoms with Crippen LogP contribution in [0.15, 0.2) is 36.7 Å². The van der Waals surface area contributed by atoms with Crippen LogP contribution in [0.5, 0.6) is 0 Å². The number of hydrogen-bond acceptors (Lipinski definition) is 7. The first-order chi connectivity index (χ1) is 15.3. The van der Waals surface area contributed by atoms with Gasteiger partial charge in [-0.25, -0.2) is 13.2 Å². The van der Waals surface area contributed by atoms with Gasteiger partial charge in [-0.05, 0) is 30.7 Å². The maximum atomic E-state index is 12.9. The lowest BCUT2D eigenvalue weighted by atomic mass is 10.1. The van der Waals surface area contributed by atoms with Crippen LogP contribution in [0.1, 0.15) is 10.6 Å². The number of thiophene rings is 1. The summed E-state index contributed by atoms with van der Waals surface area (Å²) in [4.78, 5) is 34.9. The van der Waals surface area contributed by atoms with Crippen LogP contribution in [0, 0.1) is 0 Å². The number of aromatic nitrogens is 2. The molecule has 9 nitrogen and oxygen atoms in total. The molecule has 1 N–H and O–H groups in total. The summed E-state index contributed by atoms with van der Waals surface area (Å²) in [7, 11) is -2.56. The number of H-pyrrole nitrogens is 1. The molecule has 1 aliphatic heterocycles. The number of amides is 1. The number of piperazine rings is 1. The second kappa shape index (κ2) is 9.18. The van der Waals surface area contributed by atoms with Crippen molar-refractivity contribution < 1.29 is 22.7 Å². The summed E-state index contributed by atoms with van der Waals surface area (Å²) in [5.74, 6) is -1.31. The lowest BCUT2D eigenvalue weighted by molar-refractivity contribution is -0.157. The summed E-state index contributed by atoms with van der Waals surface area (Å²) in [5.41, 5.74) is 1.56. The Morgan fingerprint density at radius 2 is 2.19 bits per heavy atom. The Labute approximate surface area is 194 Å². The first-order valence-electron chi connectivity index (χ1n) is 9.78. The Hall–Kier alpha value is -2.47. The number of hydrogen-bond donors (Lipinski definition) is 1. The fourth-order valence-corrected chi connectivity index (χ4v) is 6.29. The predicted octanol–water partition coefficient (Wildman–Crippen LogP) is 2.04. The van der Waals surface area contributed by atoms with Crippen molar-refractivity contribution in [1.82, 2.24) is 19.2 Å². The van der Waals surface area contributed by atoms with E-state index in [2.05, 4.69) is 9.97 Å². The molecule has 12 heteroatoms. The van der Waals surface area contributed by atoms with Gasteiger partial charge in [-0.2, -0.15) is 4.31 Å². The molecule has 1 saturated heterocycles. The molecule has 32 heavy (non-hydrogen) atoms. The number of aromatic amines is 1. The maximum Gasteiger partial charge on any atom is 0.329 e. The first-order valence-corrected chi connectivity index (χ1v) is 12.6. The van der Waals surface area contributed by atoms with Gasteiger partial charge in [0.25, 0.3) is 0 Å². The highest BCUT2D eigenvalue weighted by molar-refractivity contribution is 7.89. The summed E-state index contributed by atoms with van der Waals surface area (Å²) in [6.45, 7) is -0.370. The summed E-state index contributed by atoms with van der Waals surface area (Å²) in [6, 6.07) is 6.10. The van der Waals surface area contributed by atoms with E-state index in [9.17, 15) is 18.0 Å². The Balaban J connectivity index is 1.51. The molecule has 0 spiro atoms. The molecule has 1 aliphatic rings. The zero-order valence-corrected chi connectivity index (χ0v) is 19.5.